The molecule has 2 aliphatic heterocycles. The zero-order valence-corrected chi connectivity index (χ0v) is 9.36. The maximum atomic E-state index is 10.7. The molecule has 0 bridgehead atoms. The van der Waals surface area contributed by atoms with E-state index in [2.05, 4.69) is 4.90 Å². The molecule has 2 unspecified atom stereocenters. The monoisotopic (exact) mass is 211 g/mol. The number of rotatable bonds is 3. The van der Waals surface area contributed by atoms with Crippen LogP contribution in [0.3, 0.4) is 0 Å². The van der Waals surface area contributed by atoms with E-state index in [9.17, 15) is 4.79 Å². The average molecular weight is 211 g/mol. The smallest absolute Gasteiger partial charge is 0.124 e. The summed E-state index contributed by atoms with van der Waals surface area (Å²) in [5.74, 6) is 0.266. The van der Waals surface area contributed by atoms with E-state index >= 15 is 0 Å². The number of nitrogens with zero attached hydrogens (tertiary/aromatic N) is 1. The second-order valence-electron chi connectivity index (χ2n) is 4.79. The van der Waals surface area contributed by atoms with E-state index in [1.165, 1.54) is 19.3 Å². The molecule has 2 atom stereocenters. The first-order valence-electron chi connectivity index (χ1n) is 6.18. The first-order valence-corrected chi connectivity index (χ1v) is 6.18. The highest BCUT2D eigenvalue weighted by Crippen LogP contribution is 2.18. The predicted molar refractivity (Wildman–Crippen MR) is 58.8 cm³/mol. The van der Waals surface area contributed by atoms with Gasteiger partial charge < -0.3 is 14.4 Å². The topological polar surface area (TPSA) is 29.5 Å². The summed E-state index contributed by atoms with van der Waals surface area (Å²) in [5, 5.41) is 0. The molecule has 15 heavy (non-hydrogen) atoms. The largest absolute Gasteiger partial charge is 0.377 e. The van der Waals surface area contributed by atoms with Crippen molar-refractivity contribution in [1.82, 2.24) is 4.90 Å². The molecule has 86 valence electrons. The lowest BCUT2D eigenvalue weighted by atomic mass is 9.99. The van der Waals surface area contributed by atoms with Gasteiger partial charge >= 0.3 is 0 Å². The van der Waals surface area contributed by atoms with Crippen molar-refractivity contribution in [2.45, 2.75) is 38.2 Å². The number of carbonyl (C=O) groups is 1. The van der Waals surface area contributed by atoms with Gasteiger partial charge in [0.1, 0.15) is 6.29 Å². The number of hydrogen-bond donors (Lipinski definition) is 0. The first-order chi connectivity index (χ1) is 7.38. The van der Waals surface area contributed by atoms with Gasteiger partial charge in [-0.3, -0.25) is 0 Å². The van der Waals surface area contributed by atoms with Crippen molar-refractivity contribution >= 4 is 6.29 Å². The number of likely N-dealkylation sites (tertiary alicyclic amines) is 1. The number of carbonyl (C=O) groups excluding carboxylic acids is 1. The van der Waals surface area contributed by atoms with Crippen molar-refractivity contribution in [3.8, 4) is 0 Å². The summed E-state index contributed by atoms with van der Waals surface area (Å²) in [6.45, 7) is 4.05. The van der Waals surface area contributed by atoms with E-state index in [-0.39, 0.29) is 5.92 Å². The van der Waals surface area contributed by atoms with Crippen LogP contribution in [0.4, 0.5) is 0 Å². The zero-order chi connectivity index (χ0) is 10.5. The third-order valence-electron chi connectivity index (χ3n) is 3.47. The minimum absolute atomic E-state index is 0.266. The van der Waals surface area contributed by atoms with Crippen LogP contribution in [-0.4, -0.2) is 43.5 Å². The van der Waals surface area contributed by atoms with Crippen LogP contribution < -0.4 is 0 Å². The molecule has 2 aliphatic rings. The highest BCUT2D eigenvalue weighted by atomic mass is 16.5. The standard InChI is InChI=1S/C12H21NO2/c14-10-11-4-3-6-13(8-11)9-12-5-1-2-7-15-12/h10-12H,1-9H2. The van der Waals surface area contributed by atoms with E-state index in [1.807, 2.05) is 0 Å². The molecule has 0 saturated carbocycles. The Kier molecular flexibility index (Phi) is 4.15. The minimum Gasteiger partial charge on any atom is -0.377 e. The number of piperidine rings is 1. The fourth-order valence-corrected chi connectivity index (χ4v) is 2.61. The van der Waals surface area contributed by atoms with Gasteiger partial charge in [0.05, 0.1) is 6.10 Å². The Morgan fingerprint density at radius 3 is 2.93 bits per heavy atom. The summed E-state index contributed by atoms with van der Waals surface area (Å²) in [4.78, 5) is 13.1. The van der Waals surface area contributed by atoms with Crippen molar-refractivity contribution in [1.29, 1.82) is 0 Å². The Bertz CT molecular complexity index is 202. The second kappa shape index (κ2) is 5.61. The average Bonchev–Trinajstić information content (AvgIpc) is 2.31. The highest BCUT2D eigenvalue weighted by molar-refractivity contribution is 5.53. The lowest BCUT2D eigenvalue weighted by molar-refractivity contribution is -0.113. The highest BCUT2D eigenvalue weighted by Gasteiger charge is 2.23. The van der Waals surface area contributed by atoms with Crippen LogP contribution in [0.25, 0.3) is 0 Å². The van der Waals surface area contributed by atoms with Crippen LogP contribution in [0.5, 0.6) is 0 Å². The molecule has 3 nitrogen and oxygen atoms in total. The van der Waals surface area contributed by atoms with Crippen LogP contribution in [-0.2, 0) is 9.53 Å². The maximum absolute atomic E-state index is 10.7. The molecule has 0 spiro atoms. The van der Waals surface area contributed by atoms with Gasteiger partial charge in [0.2, 0.25) is 0 Å². The number of hydrogen-bond acceptors (Lipinski definition) is 3. The molecule has 0 aliphatic carbocycles. The number of aldehydes is 1. The summed E-state index contributed by atoms with van der Waals surface area (Å²) in [6.07, 6.45) is 7.49. The van der Waals surface area contributed by atoms with Gasteiger partial charge in [0.15, 0.2) is 0 Å². The number of ether oxygens (including phenoxy) is 1. The molecular weight excluding hydrogens is 190 g/mol. The lowest BCUT2D eigenvalue weighted by Gasteiger charge is -2.34. The van der Waals surface area contributed by atoms with Gasteiger partial charge in [-0.15, -0.1) is 0 Å². The molecule has 0 aromatic carbocycles. The molecule has 3 heteroatoms. The Labute approximate surface area is 91.8 Å². The van der Waals surface area contributed by atoms with Crippen LogP contribution in [0.15, 0.2) is 0 Å². The first kappa shape index (κ1) is 11.1. The van der Waals surface area contributed by atoms with Crippen LogP contribution in [0.1, 0.15) is 32.1 Å². The van der Waals surface area contributed by atoms with Crippen molar-refractivity contribution in [3.63, 3.8) is 0 Å². The molecule has 0 aromatic rings. The SMILES string of the molecule is O=CC1CCCN(CC2CCCCO2)C1. The van der Waals surface area contributed by atoms with Gasteiger partial charge in [-0.05, 0) is 38.6 Å². The molecule has 2 fully saturated rings. The minimum atomic E-state index is 0.266. The Morgan fingerprint density at radius 1 is 1.27 bits per heavy atom. The molecule has 0 N–H and O–H groups in total. The van der Waals surface area contributed by atoms with E-state index < -0.39 is 0 Å². The normalized spacial score (nSPS) is 33.9. The zero-order valence-electron chi connectivity index (χ0n) is 9.36. The molecule has 0 aromatic heterocycles. The molecule has 0 radical (unpaired) electrons. The van der Waals surface area contributed by atoms with Gasteiger partial charge in [-0.25, -0.2) is 0 Å². The molecule has 2 saturated heterocycles. The third-order valence-corrected chi connectivity index (χ3v) is 3.47. The van der Waals surface area contributed by atoms with Crippen LogP contribution in [0.2, 0.25) is 0 Å². The third kappa shape index (κ3) is 3.28. The summed E-state index contributed by atoms with van der Waals surface area (Å²) >= 11 is 0. The van der Waals surface area contributed by atoms with Crippen LogP contribution in [0, 0.1) is 5.92 Å². The Hall–Kier alpha value is -0.410. The van der Waals surface area contributed by atoms with Gasteiger partial charge in [-0.2, -0.15) is 0 Å². The summed E-state index contributed by atoms with van der Waals surface area (Å²) in [5.41, 5.74) is 0. The van der Waals surface area contributed by atoms with Gasteiger partial charge in [0, 0.05) is 25.6 Å². The molecule has 2 rings (SSSR count). The predicted octanol–water partition coefficient (Wildman–Crippen LogP) is 1.47. The lowest BCUT2D eigenvalue weighted by Crippen LogP contribution is -2.42. The summed E-state index contributed by atoms with van der Waals surface area (Å²) < 4.78 is 5.72. The van der Waals surface area contributed by atoms with Gasteiger partial charge in [0.25, 0.3) is 0 Å². The molecular formula is C12H21NO2. The fraction of sp³-hybridized carbons (Fsp3) is 0.917. The quantitative estimate of drug-likeness (QED) is 0.662. The Morgan fingerprint density at radius 2 is 2.20 bits per heavy atom. The van der Waals surface area contributed by atoms with E-state index in [0.29, 0.717) is 6.10 Å². The molecule has 2 heterocycles. The van der Waals surface area contributed by atoms with Crippen molar-refractivity contribution in [3.05, 3.63) is 0 Å². The Balaban J connectivity index is 1.75. The van der Waals surface area contributed by atoms with Gasteiger partial charge in [-0.1, -0.05) is 0 Å². The van der Waals surface area contributed by atoms with E-state index in [4.69, 9.17) is 4.74 Å². The van der Waals surface area contributed by atoms with Crippen molar-refractivity contribution < 1.29 is 9.53 Å². The second-order valence-corrected chi connectivity index (χ2v) is 4.79. The van der Waals surface area contributed by atoms with E-state index in [0.717, 1.165) is 45.4 Å². The van der Waals surface area contributed by atoms with Crippen LogP contribution >= 0.6 is 0 Å². The molecule has 0 amide bonds. The van der Waals surface area contributed by atoms with E-state index in [1.54, 1.807) is 0 Å². The fourth-order valence-electron chi connectivity index (χ4n) is 2.61. The maximum Gasteiger partial charge on any atom is 0.124 e. The van der Waals surface area contributed by atoms with Crippen molar-refractivity contribution in [2.24, 2.45) is 5.92 Å². The summed E-state index contributed by atoms with van der Waals surface area (Å²) in [7, 11) is 0. The van der Waals surface area contributed by atoms with Crippen molar-refractivity contribution in [2.75, 3.05) is 26.2 Å². The summed E-state index contributed by atoms with van der Waals surface area (Å²) in [6, 6.07) is 0.